The average Bonchev–Trinajstić information content (AvgIpc) is 3.02. The molecular weight excluding hydrogens is 414 g/mol. The zero-order valence-electron chi connectivity index (χ0n) is 15.9. The van der Waals surface area contributed by atoms with Crippen molar-refractivity contribution < 1.29 is 14.3 Å². The number of ether oxygens (including phenoxy) is 2. The van der Waals surface area contributed by atoms with Gasteiger partial charge in [-0.05, 0) is 23.8 Å². The molecule has 1 fully saturated rings. The molecule has 2 aromatic rings. The van der Waals surface area contributed by atoms with Crippen molar-refractivity contribution in [3.05, 3.63) is 54.4 Å². The number of thiazole rings is 1. The van der Waals surface area contributed by atoms with E-state index in [0.717, 1.165) is 16.9 Å². The summed E-state index contributed by atoms with van der Waals surface area (Å²) in [4.78, 5) is 27.5. The second-order valence-electron chi connectivity index (χ2n) is 6.31. The number of aromatic nitrogens is 1. The number of halogens is 1. The highest BCUT2D eigenvalue weighted by Crippen LogP contribution is 2.11. The number of nitriles is 1. The van der Waals surface area contributed by atoms with Gasteiger partial charge in [0.15, 0.2) is 5.57 Å². The zero-order chi connectivity index (χ0) is 20.8. The fourth-order valence-electron chi connectivity index (χ4n) is 2.95. The van der Waals surface area contributed by atoms with Crippen molar-refractivity contribution in [3.8, 4) is 6.07 Å². The molecular formula is C20H20ClN3O4S. The van der Waals surface area contributed by atoms with Crippen molar-refractivity contribution in [2.24, 2.45) is 0 Å². The minimum Gasteiger partial charge on any atom is -0.383 e. The maximum Gasteiger partial charge on any atom is 0.269 e. The number of carbonyl (C=O) groups is 1. The van der Waals surface area contributed by atoms with Gasteiger partial charge in [0.1, 0.15) is 10.7 Å². The first-order valence-corrected chi connectivity index (χ1v) is 10.2. The number of morpholine rings is 1. The molecule has 1 aromatic carbocycles. The van der Waals surface area contributed by atoms with Crippen LogP contribution in [0.2, 0.25) is 5.02 Å². The van der Waals surface area contributed by atoms with Crippen LogP contribution >= 0.6 is 22.9 Å². The largest absolute Gasteiger partial charge is 0.383 e. The molecule has 0 unspecified atom stereocenters. The maximum atomic E-state index is 13.0. The first-order chi connectivity index (χ1) is 14.0. The van der Waals surface area contributed by atoms with E-state index >= 15 is 0 Å². The summed E-state index contributed by atoms with van der Waals surface area (Å²) in [5, 5.41) is 10.3. The number of hydrogen-bond acceptors (Lipinski definition) is 6. The second-order valence-corrected chi connectivity index (χ2v) is 7.78. The lowest BCUT2D eigenvalue weighted by Crippen LogP contribution is -2.43. The third-order valence-corrected chi connectivity index (χ3v) is 5.78. The highest BCUT2D eigenvalue weighted by molar-refractivity contribution is 7.07. The quantitative estimate of drug-likeness (QED) is 0.688. The summed E-state index contributed by atoms with van der Waals surface area (Å²) in [6.07, 6.45) is 1.71. The molecule has 29 heavy (non-hydrogen) atoms. The lowest BCUT2D eigenvalue weighted by atomic mass is 10.2. The van der Waals surface area contributed by atoms with E-state index in [0.29, 0.717) is 40.5 Å². The van der Waals surface area contributed by atoms with Crippen molar-refractivity contribution in [1.29, 1.82) is 5.26 Å². The molecule has 0 radical (unpaired) electrons. The maximum absolute atomic E-state index is 13.0. The fourth-order valence-corrected chi connectivity index (χ4v) is 4.27. The minimum atomic E-state index is -0.391. The van der Waals surface area contributed by atoms with E-state index in [4.69, 9.17) is 21.1 Å². The Morgan fingerprint density at radius 3 is 2.83 bits per heavy atom. The standard InChI is InChI=1S/C20H20ClN3O4S/c1-27-8-7-24-19(26)17(12-14-3-2-4-15(21)11-14)29-20(24)16(13-22)18(25)23-5-9-28-10-6-23/h2-4,11-12H,5-10H2,1H3/b17-12+,20-16-. The van der Waals surface area contributed by atoms with Crippen LogP contribution in [0.3, 0.4) is 0 Å². The average molecular weight is 434 g/mol. The summed E-state index contributed by atoms with van der Waals surface area (Å²) in [5.74, 6) is -0.391. The molecule has 152 valence electrons. The monoisotopic (exact) mass is 433 g/mol. The van der Waals surface area contributed by atoms with Gasteiger partial charge in [0.2, 0.25) is 0 Å². The summed E-state index contributed by atoms with van der Waals surface area (Å²) in [6.45, 7) is 2.22. The van der Waals surface area contributed by atoms with Crippen molar-refractivity contribution in [2.75, 3.05) is 40.0 Å². The Hall–Kier alpha value is -2.44. The van der Waals surface area contributed by atoms with Gasteiger partial charge in [0.25, 0.3) is 11.5 Å². The normalized spacial score (nSPS) is 15.9. The molecule has 1 saturated heterocycles. The number of methoxy groups -OCH3 is 1. The predicted octanol–water partition coefficient (Wildman–Crippen LogP) is 0.571. The van der Waals surface area contributed by atoms with E-state index in [9.17, 15) is 14.9 Å². The number of benzene rings is 1. The lowest BCUT2D eigenvalue weighted by Gasteiger charge is -2.26. The van der Waals surface area contributed by atoms with Crippen molar-refractivity contribution >= 4 is 40.5 Å². The number of carbonyl (C=O) groups excluding carboxylic acids is 1. The Labute approximate surface area is 176 Å². The minimum absolute atomic E-state index is 0.0455. The number of nitrogens with zero attached hydrogens (tertiary/aromatic N) is 3. The Morgan fingerprint density at radius 1 is 1.41 bits per heavy atom. The Bertz CT molecular complexity index is 1110. The van der Waals surface area contributed by atoms with Crippen molar-refractivity contribution in [3.63, 3.8) is 0 Å². The van der Waals surface area contributed by atoms with Crippen LogP contribution in [-0.2, 0) is 20.8 Å². The summed E-state index contributed by atoms with van der Waals surface area (Å²) in [7, 11) is 1.53. The molecule has 7 nitrogen and oxygen atoms in total. The molecule has 1 aliphatic heterocycles. The summed E-state index contributed by atoms with van der Waals surface area (Å²) in [6, 6.07) is 9.12. The number of amides is 1. The van der Waals surface area contributed by atoms with Gasteiger partial charge in [-0.3, -0.25) is 14.2 Å². The van der Waals surface area contributed by atoms with Crippen LogP contribution in [-0.4, -0.2) is 55.4 Å². The molecule has 0 atom stereocenters. The summed E-state index contributed by atoms with van der Waals surface area (Å²) < 4.78 is 12.6. The van der Waals surface area contributed by atoms with Gasteiger partial charge in [-0.25, -0.2) is 0 Å². The molecule has 2 heterocycles. The lowest BCUT2D eigenvalue weighted by molar-refractivity contribution is -0.128. The van der Waals surface area contributed by atoms with Crippen LogP contribution < -0.4 is 14.8 Å². The highest BCUT2D eigenvalue weighted by atomic mass is 35.5. The van der Waals surface area contributed by atoms with E-state index in [1.165, 1.54) is 11.7 Å². The topological polar surface area (TPSA) is 84.6 Å². The molecule has 3 rings (SSSR count). The van der Waals surface area contributed by atoms with Gasteiger partial charge in [0, 0.05) is 25.2 Å². The van der Waals surface area contributed by atoms with E-state index in [2.05, 4.69) is 0 Å². The Morgan fingerprint density at radius 2 is 2.17 bits per heavy atom. The molecule has 0 aliphatic carbocycles. The van der Waals surface area contributed by atoms with Crippen molar-refractivity contribution in [1.82, 2.24) is 9.47 Å². The van der Waals surface area contributed by atoms with Gasteiger partial charge in [-0.2, -0.15) is 5.26 Å². The summed E-state index contributed by atoms with van der Waals surface area (Å²) in [5.41, 5.74) is 0.444. The van der Waals surface area contributed by atoms with Gasteiger partial charge < -0.3 is 14.4 Å². The van der Waals surface area contributed by atoms with Crippen LogP contribution in [0.15, 0.2) is 29.1 Å². The van der Waals surface area contributed by atoms with Gasteiger partial charge in [-0.1, -0.05) is 23.7 Å². The first-order valence-electron chi connectivity index (χ1n) is 9.02. The Kier molecular flexibility index (Phi) is 7.23. The molecule has 9 heteroatoms. The summed E-state index contributed by atoms with van der Waals surface area (Å²) >= 11 is 7.15. The Balaban J connectivity index is 2.18. The van der Waals surface area contributed by atoms with Crippen molar-refractivity contribution in [2.45, 2.75) is 6.54 Å². The highest BCUT2D eigenvalue weighted by Gasteiger charge is 2.23. The smallest absolute Gasteiger partial charge is 0.269 e. The van der Waals surface area contributed by atoms with E-state index < -0.39 is 5.91 Å². The number of hydrogen-bond donors (Lipinski definition) is 0. The number of rotatable bonds is 5. The molecule has 1 aromatic heterocycles. The molecule has 0 N–H and O–H groups in total. The third kappa shape index (κ3) is 4.95. The SMILES string of the molecule is COCCn1c(=O)/c(=C\c2cccc(Cl)c2)s/c1=C(/C#N)C(=O)N1CCOCC1. The molecule has 1 aliphatic rings. The first kappa shape index (κ1) is 21.3. The molecule has 0 saturated carbocycles. The van der Waals surface area contributed by atoms with E-state index in [1.807, 2.05) is 12.1 Å². The molecule has 0 spiro atoms. The van der Waals surface area contributed by atoms with Crippen LogP contribution in [0.5, 0.6) is 0 Å². The fraction of sp³-hybridized carbons (Fsp3) is 0.350. The van der Waals surface area contributed by atoms with Crippen LogP contribution in [0.1, 0.15) is 5.56 Å². The second kappa shape index (κ2) is 9.85. The zero-order valence-corrected chi connectivity index (χ0v) is 17.5. The van der Waals surface area contributed by atoms with Crippen LogP contribution in [0.25, 0.3) is 11.6 Å². The van der Waals surface area contributed by atoms with Crippen LogP contribution in [0, 0.1) is 11.3 Å². The van der Waals surface area contributed by atoms with E-state index in [-0.39, 0.29) is 24.3 Å². The molecule has 0 bridgehead atoms. The van der Waals surface area contributed by atoms with Gasteiger partial charge in [-0.15, -0.1) is 11.3 Å². The van der Waals surface area contributed by atoms with Gasteiger partial charge >= 0.3 is 0 Å². The van der Waals surface area contributed by atoms with Gasteiger partial charge in [0.05, 0.1) is 30.9 Å². The van der Waals surface area contributed by atoms with E-state index in [1.54, 1.807) is 29.2 Å². The molecule has 1 amide bonds. The third-order valence-electron chi connectivity index (χ3n) is 4.41. The van der Waals surface area contributed by atoms with Crippen LogP contribution in [0.4, 0.5) is 0 Å². The predicted molar refractivity (Wildman–Crippen MR) is 111 cm³/mol.